The number of aromatic nitrogens is 1. The first kappa shape index (κ1) is 18.1. The van der Waals surface area contributed by atoms with E-state index in [4.69, 9.17) is 4.42 Å². The number of furan rings is 1. The lowest BCUT2D eigenvalue weighted by atomic mass is 10.1. The van der Waals surface area contributed by atoms with E-state index in [1.54, 1.807) is 0 Å². The summed E-state index contributed by atoms with van der Waals surface area (Å²) in [7, 11) is 0. The highest BCUT2D eigenvalue weighted by Gasteiger charge is 2.33. The van der Waals surface area contributed by atoms with Gasteiger partial charge < -0.3 is 9.73 Å². The van der Waals surface area contributed by atoms with Crippen LogP contribution in [0.4, 0.5) is 15.8 Å². The van der Waals surface area contributed by atoms with E-state index in [2.05, 4.69) is 10.3 Å². The summed E-state index contributed by atoms with van der Waals surface area (Å²) in [4.78, 5) is 31.6. The lowest BCUT2D eigenvalue weighted by Gasteiger charge is -2.18. The Morgan fingerprint density at radius 1 is 1.07 bits per heavy atom. The molecule has 2 aromatic carbocycles. The molecule has 0 fully saturated rings. The number of anilines is 2. The number of amides is 2. The van der Waals surface area contributed by atoms with Gasteiger partial charge in [0.2, 0.25) is 17.4 Å². The Bertz CT molecular complexity index is 1300. The number of benzene rings is 2. The fraction of sp³-hybridized carbons (Fsp3) is 0.0870. The van der Waals surface area contributed by atoms with Gasteiger partial charge in [0.1, 0.15) is 18.0 Å². The maximum Gasteiger partial charge on any atom is 0.296 e. The summed E-state index contributed by atoms with van der Waals surface area (Å²) in [6.45, 7) is 1.68. The SMILES string of the molecule is Cc1cc(-c2ccccc2)nc2oc3c(c12)NC(=O)CN(c1ccc(F)cc1)C3=O. The van der Waals surface area contributed by atoms with Crippen molar-refractivity contribution in [1.29, 1.82) is 0 Å². The van der Waals surface area contributed by atoms with Gasteiger partial charge in [0, 0.05) is 11.3 Å². The molecule has 0 bridgehead atoms. The molecule has 0 saturated heterocycles. The van der Waals surface area contributed by atoms with Crippen LogP contribution in [-0.2, 0) is 4.79 Å². The van der Waals surface area contributed by atoms with Crippen LogP contribution in [0.3, 0.4) is 0 Å². The molecule has 5 rings (SSSR count). The van der Waals surface area contributed by atoms with Crippen LogP contribution in [0.1, 0.15) is 16.1 Å². The third-order valence-electron chi connectivity index (χ3n) is 5.07. The minimum atomic E-state index is -0.492. The molecule has 0 atom stereocenters. The van der Waals surface area contributed by atoms with Gasteiger partial charge >= 0.3 is 0 Å². The van der Waals surface area contributed by atoms with Crippen LogP contribution in [0.5, 0.6) is 0 Å². The molecule has 4 aromatic rings. The lowest BCUT2D eigenvalue weighted by molar-refractivity contribution is -0.114. The van der Waals surface area contributed by atoms with Crippen LogP contribution < -0.4 is 10.2 Å². The largest absolute Gasteiger partial charge is 0.430 e. The van der Waals surface area contributed by atoms with Crippen molar-refractivity contribution in [2.45, 2.75) is 6.92 Å². The molecule has 3 heterocycles. The van der Waals surface area contributed by atoms with Crippen LogP contribution in [-0.4, -0.2) is 23.3 Å². The number of carbonyl (C=O) groups is 2. The molecule has 2 aromatic heterocycles. The Kier molecular flexibility index (Phi) is 4.10. The molecule has 0 radical (unpaired) electrons. The molecule has 148 valence electrons. The Morgan fingerprint density at radius 3 is 2.53 bits per heavy atom. The van der Waals surface area contributed by atoms with E-state index in [1.165, 1.54) is 29.2 Å². The number of rotatable bonds is 2. The van der Waals surface area contributed by atoms with Gasteiger partial charge in [-0.15, -0.1) is 0 Å². The third-order valence-corrected chi connectivity index (χ3v) is 5.07. The van der Waals surface area contributed by atoms with Crippen molar-refractivity contribution in [2.75, 3.05) is 16.8 Å². The van der Waals surface area contributed by atoms with Gasteiger partial charge in [-0.3, -0.25) is 14.5 Å². The first-order chi connectivity index (χ1) is 14.5. The topological polar surface area (TPSA) is 75.4 Å². The average molecular weight is 401 g/mol. The molecule has 1 N–H and O–H groups in total. The Morgan fingerprint density at radius 2 is 1.80 bits per heavy atom. The molecule has 2 amide bonds. The second-order valence-corrected chi connectivity index (χ2v) is 7.09. The number of nitrogens with zero attached hydrogens (tertiary/aromatic N) is 2. The van der Waals surface area contributed by atoms with Crippen molar-refractivity contribution in [1.82, 2.24) is 4.98 Å². The summed E-state index contributed by atoms with van der Waals surface area (Å²) in [6, 6.07) is 16.9. The van der Waals surface area contributed by atoms with Gasteiger partial charge in [0.05, 0.1) is 11.1 Å². The van der Waals surface area contributed by atoms with E-state index >= 15 is 0 Å². The van der Waals surface area contributed by atoms with E-state index in [0.717, 1.165) is 11.1 Å². The van der Waals surface area contributed by atoms with Crippen molar-refractivity contribution < 1.29 is 18.4 Å². The van der Waals surface area contributed by atoms with E-state index in [1.807, 2.05) is 43.3 Å². The normalized spacial score (nSPS) is 13.9. The van der Waals surface area contributed by atoms with Crippen LogP contribution in [0.2, 0.25) is 0 Å². The average Bonchev–Trinajstić information content (AvgIpc) is 3.06. The van der Waals surface area contributed by atoms with Crippen molar-refractivity contribution in [3.63, 3.8) is 0 Å². The minimum absolute atomic E-state index is 0.000914. The number of hydrogen-bond acceptors (Lipinski definition) is 4. The van der Waals surface area contributed by atoms with E-state index in [0.29, 0.717) is 22.5 Å². The predicted octanol–water partition coefficient (Wildman–Crippen LogP) is 4.54. The Balaban J connectivity index is 1.66. The minimum Gasteiger partial charge on any atom is -0.430 e. The summed E-state index contributed by atoms with van der Waals surface area (Å²) < 4.78 is 19.2. The lowest BCUT2D eigenvalue weighted by Crippen LogP contribution is -2.35. The number of pyridine rings is 1. The fourth-order valence-corrected chi connectivity index (χ4v) is 3.66. The second-order valence-electron chi connectivity index (χ2n) is 7.09. The van der Waals surface area contributed by atoms with Crippen LogP contribution in [0, 0.1) is 12.7 Å². The maximum absolute atomic E-state index is 13.3. The summed E-state index contributed by atoms with van der Waals surface area (Å²) in [5, 5.41) is 3.37. The number of fused-ring (bicyclic) bond motifs is 3. The number of halogens is 1. The summed E-state index contributed by atoms with van der Waals surface area (Å²) in [5.74, 6) is -1.29. The highest BCUT2D eigenvalue weighted by atomic mass is 19.1. The number of carbonyl (C=O) groups excluding carboxylic acids is 2. The van der Waals surface area contributed by atoms with E-state index < -0.39 is 11.7 Å². The van der Waals surface area contributed by atoms with Crippen molar-refractivity contribution in [3.05, 3.63) is 77.8 Å². The fourth-order valence-electron chi connectivity index (χ4n) is 3.66. The Labute approximate surface area is 170 Å². The number of hydrogen-bond donors (Lipinski definition) is 1. The van der Waals surface area contributed by atoms with Crippen LogP contribution >= 0.6 is 0 Å². The first-order valence-corrected chi connectivity index (χ1v) is 9.38. The second kappa shape index (κ2) is 6.81. The van der Waals surface area contributed by atoms with E-state index in [-0.39, 0.29) is 23.9 Å². The number of aryl methyl sites for hydroxylation is 1. The van der Waals surface area contributed by atoms with Crippen molar-refractivity contribution >= 4 is 34.3 Å². The molecule has 1 aliphatic rings. The van der Waals surface area contributed by atoms with Gasteiger partial charge in [-0.1, -0.05) is 30.3 Å². The standard InChI is InChI=1S/C23H16FN3O3/c1-13-11-17(14-5-3-2-4-6-14)25-22-19(13)20-21(30-22)23(29)27(12-18(28)26-20)16-9-7-15(24)8-10-16/h2-11H,12H2,1H3,(H,26,28). The monoisotopic (exact) mass is 401 g/mol. The molecule has 1 aliphatic heterocycles. The first-order valence-electron chi connectivity index (χ1n) is 9.38. The zero-order valence-electron chi connectivity index (χ0n) is 16.0. The summed E-state index contributed by atoms with van der Waals surface area (Å²) in [5.41, 5.74) is 3.44. The predicted molar refractivity (Wildman–Crippen MR) is 111 cm³/mol. The molecule has 7 heteroatoms. The molecular weight excluding hydrogens is 385 g/mol. The van der Waals surface area contributed by atoms with Crippen molar-refractivity contribution in [2.24, 2.45) is 0 Å². The molecule has 0 unspecified atom stereocenters. The van der Waals surface area contributed by atoms with Gasteiger partial charge in [-0.05, 0) is 42.8 Å². The quantitative estimate of drug-likeness (QED) is 0.535. The number of nitrogens with one attached hydrogen (secondary N) is 1. The van der Waals surface area contributed by atoms with Gasteiger partial charge in [-0.25, -0.2) is 9.37 Å². The summed E-state index contributed by atoms with van der Waals surface area (Å²) in [6.07, 6.45) is 0. The van der Waals surface area contributed by atoms with E-state index in [9.17, 15) is 14.0 Å². The highest BCUT2D eigenvalue weighted by Crippen LogP contribution is 2.37. The smallest absolute Gasteiger partial charge is 0.296 e. The van der Waals surface area contributed by atoms with Gasteiger partial charge in [-0.2, -0.15) is 0 Å². The zero-order valence-corrected chi connectivity index (χ0v) is 16.0. The van der Waals surface area contributed by atoms with Crippen molar-refractivity contribution in [3.8, 4) is 11.3 Å². The van der Waals surface area contributed by atoms with Crippen LogP contribution in [0.15, 0.2) is 65.1 Å². The van der Waals surface area contributed by atoms with Gasteiger partial charge in [0.25, 0.3) is 5.91 Å². The Hall–Kier alpha value is -4.00. The maximum atomic E-state index is 13.3. The molecule has 0 saturated carbocycles. The highest BCUT2D eigenvalue weighted by molar-refractivity contribution is 6.20. The molecule has 30 heavy (non-hydrogen) atoms. The molecule has 0 spiro atoms. The molecular formula is C23H16FN3O3. The molecule has 6 nitrogen and oxygen atoms in total. The summed E-state index contributed by atoms with van der Waals surface area (Å²) >= 11 is 0. The third kappa shape index (κ3) is 2.91. The van der Waals surface area contributed by atoms with Gasteiger partial charge in [0.15, 0.2) is 0 Å². The zero-order chi connectivity index (χ0) is 20.8. The molecule has 0 aliphatic carbocycles. The van der Waals surface area contributed by atoms with Crippen LogP contribution in [0.25, 0.3) is 22.4 Å².